The summed E-state index contributed by atoms with van der Waals surface area (Å²) < 4.78 is 6.10. The molecule has 0 bridgehead atoms. The number of benzene rings is 3. The van der Waals surface area contributed by atoms with Crippen molar-refractivity contribution in [3.8, 4) is 11.1 Å². The van der Waals surface area contributed by atoms with Gasteiger partial charge in [0.1, 0.15) is 17.1 Å². The molecule has 0 saturated heterocycles. The fourth-order valence-electron chi connectivity index (χ4n) is 3.61. The molecule has 0 atom stereocenters. The molecule has 0 spiro atoms. The summed E-state index contributed by atoms with van der Waals surface area (Å²) in [5.74, 6) is 1.49. The first-order valence-electron chi connectivity index (χ1n) is 9.28. The van der Waals surface area contributed by atoms with E-state index < -0.39 is 0 Å². The van der Waals surface area contributed by atoms with Crippen LogP contribution in [0.25, 0.3) is 11.1 Å². The molecular weight excluding hydrogens is 346 g/mol. The van der Waals surface area contributed by atoms with E-state index in [0.717, 1.165) is 45.2 Å². The van der Waals surface area contributed by atoms with Crippen molar-refractivity contribution in [3.63, 3.8) is 0 Å². The third kappa shape index (κ3) is 2.70. The second kappa shape index (κ2) is 6.50. The fourth-order valence-corrected chi connectivity index (χ4v) is 3.61. The van der Waals surface area contributed by atoms with E-state index in [4.69, 9.17) is 4.42 Å². The van der Waals surface area contributed by atoms with Crippen molar-refractivity contribution in [1.29, 1.82) is 0 Å². The van der Waals surface area contributed by atoms with Crippen molar-refractivity contribution >= 4 is 28.6 Å². The predicted octanol–water partition coefficient (Wildman–Crippen LogP) is 7.76. The highest BCUT2D eigenvalue weighted by Gasteiger charge is 2.27. The van der Waals surface area contributed by atoms with Gasteiger partial charge in [-0.2, -0.15) is 0 Å². The minimum atomic E-state index is 0.687. The van der Waals surface area contributed by atoms with Crippen molar-refractivity contribution < 1.29 is 4.42 Å². The molecule has 1 aromatic heterocycles. The lowest BCUT2D eigenvalue weighted by Gasteiger charge is -2.25. The molecule has 3 aromatic carbocycles. The first-order chi connectivity index (χ1) is 13.7. The molecule has 0 unspecified atom stereocenters. The predicted molar refractivity (Wildman–Crippen MR) is 112 cm³/mol. The second-order valence-electron chi connectivity index (χ2n) is 6.96. The molecular formula is C24H19N3O. The molecule has 1 aliphatic rings. The van der Waals surface area contributed by atoms with Gasteiger partial charge >= 0.3 is 0 Å². The summed E-state index contributed by atoms with van der Waals surface area (Å²) in [6, 6.07) is 26.9. The van der Waals surface area contributed by atoms with E-state index in [1.54, 1.807) is 0 Å². The number of fused-ring (bicyclic) bond motifs is 2. The molecule has 0 N–H and O–H groups in total. The Hall–Kier alpha value is -3.66. The van der Waals surface area contributed by atoms with Crippen LogP contribution in [0.15, 0.2) is 93.5 Å². The maximum Gasteiger partial charge on any atom is 0.232 e. The van der Waals surface area contributed by atoms with Gasteiger partial charge in [-0.05, 0) is 43.2 Å². The van der Waals surface area contributed by atoms with E-state index in [9.17, 15) is 0 Å². The number of aryl methyl sites for hydroxylation is 2. The van der Waals surface area contributed by atoms with Crippen LogP contribution in [0, 0.1) is 13.8 Å². The maximum atomic E-state index is 6.10. The lowest BCUT2D eigenvalue weighted by atomic mass is 10.0. The van der Waals surface area contributed by atoms with Crippen molar-refractivity contribution in [2.24, 2.45) is 10.2 Å². The van der Waals surface area contributed by atoms with Crippen LogP contribution in [-0.2, 0) is 0 Å². The summed E-state index contributed by atoms with van der Waals surface area (Å²) in [5.41, 5.74) is 6.95. The van der Waals surface area contributed by atoms with Gasteiger partial charge in [0, 0.05) is 11.6 Å². The Balaban J connectivity index is 1.80. The van der Waals surface area contributed by atoms with Gasteiger partial charge in [-0.3, -0.25) is 4.90 Å². The van der Waals surface area contributed by atoms with Gasteiger partial charge < -0.3 is 4.42 Å². The van der Waals surface area contributed by atoms with E-state index in [-0.39, 0.29) is 0 Å². The number of hydrogen-bond donors (Lipinski definition) is 0. The molecule has 0 fully saturated rings. The minimum absolute atomic E-state index is 0.687. The lowest BCUT2D eigenvalue weighted by Crippen LogP contribution is -2.10. The molecule has 0 aliphatic carbocycles. The van der Waals surface area contributed by atoms with Crippen molar-refractivity contribution in [3.05, 3.63) is 90.2 Å². The van der Waals surface area contributed by atoms with Gasteiger partial charge in [0.15, 0.2) is 0 Å². The van der Waals surface area contributed by atoms with Crippen LogP contribution in [0.5, 0.6) is 0 Å². The van der Waals surface area contributed by atoms with Crippen molar-refractivity contribution in [2.75, 3.05) is 4.90 Å². The third-order valence-electron chi connectivity index (χ3n) is 4.89. The zero-order valence-corrected chi connectivity index (χ0v) is 15.8. The van der Waals surface area contributed by atoms with Crippen LogP contribution >= 0.6 is 0 Å². The van der Waals surface area contributed by atoms with Gasteiger partial charge in [0.25, 0.3) is 0 Å². The molecule has 2 heterocycles. The Kier molecular flexibility index (Phi) is 3.83. The third-order valence-corrected chi connectivity index (χ3v) is 4.89. The molecule has 4 nitrogen and oxygen atoms in total. The van der Waals surface area contributed by atoms with Gasteiger partial charge in [0.05, 0.1) is 11.4 Å². The Morgan fingerprint density at radius 2 is 1.46 bits per heavy atom. The smallest absolute Gasteiger partial charge is 0.232 e. The largest absolute Gasteiger partial charge is 0.443 e. The van der Waals surface area contributed by atoms with E-state index in [0.29, 0.717) is 5.88 Å². The Morgan fingerprint density at radius 1 is 0.714 bits per heavy atom. The molecule has 4 heteroatoms. The SMILES string of the molecule is Cc1ccc2c(c1)N=Nc1cc(C)oc1N2c1ccccc1-c1ccccc1. The van der Waals surface area contributed by atoms with E-state index in [2.05, 4.69) is 82.7 Å². The number of azo groups is 1. The minimum Gasteiger partial charge on any atom is -0.443 e. The number of para-hydroxylation sites is 1. The molecule has 1 aliphatic heterocycles. The highest BCUT2D eigenvalue weighted by molar-refractivity contribution is 5.93. The zero-order chi connectivity index (χ0) is 19.1. The Labute approximate surface area is 163 Å². The average molecular weight is 365 g/mol. The number of furan rings is 1. The first kappa shape index (κ1) is 16.5. The molecule has 0 amide bonds. The Bertz CT molecular complexity index is 1190. The van der Waals surface area contributed by atoms with Gasteiger partial charge in [-0.25, -0.2) is 0 Å². The van der Waals surface area contributed by atoms with E-state index in [1.165, 1.54) is 0 Å². The molecule has 0 saturated carbocycles. The summed E-state index contributed by atoms with van der Waals surface area (Å²) in [6.07, 6.45) is 0. The van der Waals surface area contributed by atoms with Gasteiger partial charge in [0.2, 0.25) is 5.88 Å². The normalized spacial score (nSPS) is 12.4. The molecule has 136 valence electrons. The lowest BCUT2D eigenvalue weighted by molar-refractivity contribution is 0.542. The Morgan fingerprint density at radius 3 is 2.32 bits per heavy atom. The van der Waals surface area contributed by atoms with Crippen LogP contribution in [-0.4, -0.2) is 0 Å². The van der Waals surface area contributed by atoms with Crippen LogP contribution in [0.2, 0.25) is 0 Å². The number of nitrogens with zero attached hydrogens (tertiary/aromatic N) is 3. The van der Waals surface area contributed by atoms with E-state index >= 15 is 0 Å². The first-order valence-corrected chi connectivity index (χ1v) is 9.28. The summed E-state index contributed by atoms with van der Waals surface area (Å²) in [7, 11) is 0. The summed E-state index contributed by atoms with van der Waals surface area (Å²) >= 11 is 0. The number of anilines is 3. The monoisotopic (exact) mass is 365 g/mol. The molecule has 28 heavy (non-hydrogen) atoms. The highest BCUT2D eigenvalue weighted by Crippen LogP contribution is 2.50. The van der Waals surface area contributed by atoms with Crippen LogP contribution in [0.3, 0.4) is 0 Å². The van der Waals surface area contributed by atoms with Crippen LogP contribution < -0.4 is 4.90 Å². The van der Waals surface area contributed by atoms with Gasteiger partial charge in [-0.1, -0.05) is 54.6 Å². The maximum absolute atomic E-state index is 6.10. The second-order valence-corrected chi connectivity index (χ2v) is 6.96. The average Bonchev–Trinajstić information content (AvgIpc) is 3.02. The van der Waals surface area contributed by atoms with Crippen LogP contribution in [0.1, 0.15) is 11.3 Å². The number of rotatable bonds is 2. The quantitative estimate of drug-likeness (QED) is 0.321. The highest BCUT2D eigenvalue weighted by atomic mass is 16.4. The topological polar surface area (TPSA) is 41.1 Å². The molecule has 4 aromatic rings. The number of hydrogen-bond acceptors (Lipinski definition) is 4. The van der Waals surface area contributed by atoms with Crippen molar-refractivity contribution in [2.45, 2.75) is 13.8 Å². The summed E-state index contributed by atoms with van der Waals surface area (Å²) in [5, 5.41) is 8.96. The summed E-state index contributed by atoms with van der Waals surface area (Å²) in [6.45, 7) is 3.99. The standard InChI is InChI=1S/C24H19N3O/c1-16-12-13-23-20(14-16)25-26-21-15-17(2)28-24(21)27(23)22-11-7-6-10-19(22)18-8-4-3-5-9-18/h3-15H,1-2H3. The van der Waals surface area contributed by atoms with E-state index in [1.807, 2.05) is 25.1 Å². The van der Waals surface area contributed by atoms with Gasteiger partial charge in [-0.15, -0.1) is 10.2 Å². The fraction of sp³-hybridized carbons (Fsp3) is 0.0833. The van der Waals surface area contributed by atoms with Crippen molar-refractivity contribution in [1.82, 2.24) is 0 Å². The molecule has 0 radical (unpaired) electrons. The summed E-state index contributed by atoms with van der Waals surface area (Å²) in [4.78, 5) is 2.12. The zero-order valence-electron chi connectivity index (χ0n) is 15.8. The van der Waals surface area contributed by atoms with Crippen LogP contribution in [0.4, 0.5) is 28.6 Å². The molecule has 5 rings (SSSR count).